The highest BCUT2D eigenvalue weighted by Crippen LogP contribution is 2.32. The van der Waals surface area contributed by atoms with Crippen LogP contribution in [0, 0.1) is 13.8 Å². The number of carbonyl (C=O) groups is 1. The van der Waals surface area contributed by atoms with E-state index in [4.69, 9.17) is 4.98 Å². The SMILES string of the molecule is Cc1cc(C)c2sc(N(CCC[NH+](C)C)C(=O)Cc3ccccc3)nc2c1. The lowest BCUT2D eigenvalue weighted by molar-refractivity contribution is -0.858. The highest BCUT2D eigenvalue weighted by molar-refractivity contribution is 7.22. The largest absolute Gasteiger partial charge is 0.340 e. The predicted octanol–water partition coefficient (Wildman–Crippen LogP) is 3.02. The molecule has 0 aliphatic carbocycles. The Morgan fingerprint density at radius 1 is 1.15 bits per heavy atom. The van der Waals surface area contributed by atoms with Gasteiger partial charge in [0.05, 0.1) is 37.3 Å². The number of carbonyl (C=O) groups excluding carboxylic acids is 1. The first kappa shape index (κ1) is 19.5. The fraction of sp³-hybridized carbons (Fsp3) is 0.364. The van der Waals surface area contributed by atoms with Gasteiger partial charge in [-0.15, -0.1) is 0 Å². The minimum atomic E-state index is 0.114. The van der Waals surface area contributed by atoms with Crippen LogP contribution in [-0.2, 0) is 11.2 Å². The molecule has 3 aromatic rings. The van der Waals surface area contributed by atoms with Crippen molar-refractivity contribution in [3.05, 3.63) is 59.2 Å². The van der Waals surface area contributed by atoms with Gasteiger partial charge in [0.2, 0.25) is 5.91 Å². The molecule has 0 fully saturated rings. The van der Waals surface area contributed by atoms with Gasteiger partial charge in [-0.05, 0) is 36.6 Å². The summed E-state index contributed by atoms with van der Waals surface area (Å²) in [6.07, 6.45) is 1.36. The lowest BCUT2D eigenvalue weighted by Gasteiger charge is -2.20. The number of amides is 1. The summed E-state index contributed by atoms with van der Waals surface area (Å²) in [5.74, 6) is 0.114. The van der Waals surface area contributed by atoms with Crippen molar-refractivity contribution in [2.24, 2.45) is 0 Å². The number of thiazole rings is 1. The Labute approximate surface area is 165 Å². The summed E-state index contributed by atoms with van der Waals surface area (Å²) >= 11 is 1.63. The highest BCUT2D eigenvalue weighted by Gasteiger charge is 2.21. The second kappa shape index (κ2) is 8.63. The molecular weight excluding hydrogens is 354 g/mol. The van der Waals surface area contributed by atoms with E-state index in [9.17, 15) is 4.79 Å². The van der Waals surface area contributed by atoms with Crippen LogP contribution in [0.15, 0.2) is 42.5 Å². The van der Waals surface area contributed by atoms with Crippen molar-refractivity contribution in [2.45, 2.75) is 26.7 Å². The van der Waals surface area contributed by atoms with Crippen molar-refractivity contribution < 1.29 is 9.69 Å². The Hall–Kier alpha value is -2.24. The van der Waals surface area contributed by atoms with Crippen LogP contribution in [0.1, 0.15) is 23.1 Å². The fourth-order valence-electron chi connectivity index (χ4n) is 3.26. The molecule has 0 aliphatic heterocycles. The number of fused-ring (bicyclic) bond motifs is 1. The lowest BCUT2D eigenvalue weighted by Crippen LogP contribution is -3.05. The molecule has 0 bridgehead atoms. The Morgan fingerprint density at radius 3 is 2.59 bits per heavy atom. The molecule has 1 heterocycles. The zero-order valence-corrected chi connectivity index (χ0v) is 17.4. The van der Waals surface area contributed by atoms with Gasteiger partial charge in [0, 0.05) is 13.0 Å². The summed E-state index contributed by atoms with van der Waals surface area (Å²) in [7, 11) is 4.28. The summed E-state index contributed by atoms with van der Waals surface area (Å²) in [6, 6.07) is 14.2. The third-order valence-electron chi connectivity index (χ3n) is 4.60. The number of quaternary nitrogens is 1. The van der Waals surface area contributed by atoms with Crippen molar-refractivity contribution in [1.29, 1.82) is 0 Å². The number of benzene rings is 2. The van der Waals surface area contributed by atoms with E-state index >= 15 is 0 Å². The van der Waals surface area contributed by atoms with Gasteiger partial charge in [-0.2, -0.15) is 0 Å². The molecule has 1 amide bonds. The average molecular weight is 383 g/mol. The third-order valence-corrected chi connectivity index (χ3v) is 5.83. The first-order chi connectivity index (χ1) is 12.9. The van der Waals surface area contributed by atoms with Gasteiger partial charge in [0.25, 0.3) is 0 Å². The summed E-state index contributed by atoms with van der Waals surface area (Å²) < 4.78 is 1.17. The molecule has 0 spiro atoms. The van der Waals surface area contributed by atoms with Crippen molar-refractivity contribution in [2.75, 3.05) is 32.1 Å². The Balaban J connectivity index is 1.89. The van der Waals surface area contributed by atoms with Gasteiger partial charge in [-0.25, -0.2) is 4.98 Å². The second-order valence-corrected chi connectivity index (χ2v) is 8.42. The molecule has 1 aromatic heterocycles. The number of hydrogen-bond donors (Lipinski definition) is 1. The predicted molar refractivity (Wildman–Crippen MR) is 114 cm³/mol. The van der Waals surface area contributed by atoms with Crippen LogP contribution < -0.4 is 9.80 Å². The van der Waals surface area contributed by atoms with E-state index in [-0.39, 0.29) is 5.91 Å². The van der Waals surface area contributed by atoms with Crippen LogP contribution in [0.25, 0.3) is 10.2 Å². The normalized spacial score (nSPS) is 11.3. The molecule has 0 aliphatic rings. The molecule has 0 saturated carbocycles. The Morgan fingerprint density at radius 2 is 1.89 bits per heavy atom. The van der Waals surface area contributed by atoms with Crippen molar-refractivity contribution in [3.8, 4) is 0 Å². The van der Waals surface area contributed by atoms with Crippen LogP contribution in [0.4, 0.5) is 5.13 Å². The monoisotopic (exact) mass is 382 g/mol. The highest BCUT2D eigenvalue weighted by atomic mass is 32.1. The molecule has 1 N–H and O–H groups in total. The van der Waals surface area contributed by atoms with Crippen LogP contribution in [0.2, 0.25) is 0 Å². The average Bonchev–Trinajstić information content (AvgIpc) is 3.03. The summed E-state index contributed by atoms with van der Waals surface area (Å²) in [4.78, 5) is 21.2. The van der Waals surface area contributed by atoms with E-state index < -0.39 is 0 Å². The van der Waals surface area contributed by atoms with E-state index in [0.29, 0.717) is 13.0 Å². The summed E-state index contributed by atoms with van der Waals surface area (Å²) in [5.41, 5.74) is 4.46. The molecule has 5 heteroatoms. The number of hydrogen-bond acceptors (Lipinski definition) is 3. The number of anilines is 1. The van der Waals surface area contributed by atoms with Gasteiger partial charge in [-0.1, -0.05) is 47.7 Å². The molecule has 0 atom stereocenters. The first-order valence-electron chi connectivity index (χ1n) is 9.45. The fourth-order valence-corrected chi connectivity index (χ4v) is 4.32. The van der Waals surface area contributed by atoms with Gasteiger partial charge in [0.15, 0.2) is 5.13 Å². The molecule has 0 saturated heterocycles. The van der Waals surface area contributed by atoms with Crippen molar-refractivity contribution >= 4 is 32.6 Å². The minimum absolute atomic E-state index is 0.114. The molecule has 27 heavy (non-hydrogen) atoms. The molecule has 3 rings (SSSR count). The van der Waals surface area contributed by atoms with Gasteiger partial charge in [0.1, 0.15) is 0 Å². The maximum absolute atomic E-state index is 13.1. The van der Waals surface area contributed by atoms with Crippen molar-refractivity contribution in [1.82, 2.24) is 4.98 Å². The van der Waals surface area contributed by atoms with Crippen LogP contribution >= 0.6 is 11.3 Å². The first-order valence-corrected chi connectivity index (χ1v) is 10.3. The van der Waals surface area contributed by atoms with Crippen LogP contribution in [0.5, 0.6) is 0 Å². The quantitative estimate of drug-likeness (QED) is 0.682. The molecule has 142 valence electrons. The van der Waals surface area contributed by atoms with E-state index in [1.807, 2.05) is 35.2 Å². The smallest absolute Gasteiger partial charge is 0.233 e. The van der Waals surface area contributed by atoms with Crippen LogP contribution in [-0.4, -0.2) is 38.1 Å². The van der Waals surface area contributed by atoms with E-state index in [1.54, 1.807) is 11.3 Å². The number of nitrogens with zero attached hydrogens (tertiary/aromatic N) is 2. The molecular formula is C22H28N3OS+. The third kappa shape index (κ3) is 4.93. The zero-order chi connectivity index (χ0) is 19.4. The van der Waals surface area contributed by atoms with E-state index in [2.05, 4.69) is 40.1 Å². The van der Waals surface area contributed by atoms with Crippen LogP contribution in [0.3, 0.4) is 0 Å². The van der Waals surface area contributed by atoms with E-state index in [0.717, 1.165) is 29.2 Å². The second-order valence-electron chi connectivity index (χ2n) is 7.44. The number of nitrogens with one attached hydrogen (secondary N) is 1. The van der Waals surface area contributed by atoms with Gasteiger partial charge < -0.3 is 4.90 Å². The maximum atomic E-state index is 13.1. The zero-order valence-electron chi connectivity index (χ0n) is 16.6. The topological polar surface area (TPSA) is 37.6 Å². The Bertz CT molecular complexity index is 918. The molecule has 0 radical (unpaired) electrons. The maximum Gasteiger partial charge on any atom is 0.233 e. The number of aryl methyl sites for hydroxylation is 2. The van der Waals surface area contributed by atoms with E-state index in [1.165, 1.54) is 20.7 Å². The molecule has 2 aromatic carbocycles. The standard InChI is InChI=1S/C22H27N3OS/c1-16-13-17(2)21-19(14-16)23-22(27-21)25(12-8-11-24(3)4)20(26)15-18-9-6-5-7-10-18/h5-7,9-10,13-14H,8,11-12,15H2,1-4H3/p+1. The molecule has 4 nitrogen and oxygen atoms in total. The van der Waals surface area contributed by atoms with Gasteiger partial charge in [-0.3, -0.25) is 9.69 Å². The lowest BCUT2D eigenvalue weighted by atomic mass is 10.1. The van der Waals surface area contributed by atoms with Crippen molar-refractivity contribution in [3.63, 3.8) is 0 Å². The number of rotatable bonds is 7. The Kier molecular flexibility index (Phi) is 6.24. The molecule has 0 unspecified atom stereocenters. The van der Waals surface area contributed by atoms with Gasteiger partial charge >= 0.3 is 0 Å². The number of aromatic nitrogens is 1. The minimum Gasteiger partial charge on any atom is -0.340 e. The summed E-state index contributed by atoms with van der Waals surface area (Å²) in [6.45, 7) is 5.93. The summed E-state index contributed by atoms with van der Waals surface area (Å²) in [5, 5.41) is 0.813.